The van der Waals surface area contributed by atoms with Crippen molar-refractivity contribution in [3.63, 3.8) is 0 Å². The number of alkyl halides is 3. The lowest BCUT2D eigenvalue weighted by Crippen LogP contribution is -2.46. The van der Waals surface area contributed by atoms with Crippen LogP contribution in [0.25, 0.3) is 17.1 Å². The molecule has 0 amide bonds. The van der Waals surface area contributed by atoms with E-state index in [0.29, 0.717) is 33.7 Å². The Morgan fingerprint density at radius 2 is 1.79 bits per heavy atom. The van der Waals surface area contributed by atoms with Gasteiger partial charge >= 0.3 is 6.36 Å². The second-order valence-electron chi connectivity index (χ2n) is 9.98. The first-order valence-corrected chi connectivity index (χ1v) is 13.8. The highest BCUT2D eigenvalue weighted by molar-refractivity contribution is 8.14. The molecule has 1 aliphatic rings. The number of halogens is 4. The van der Waals surface area contributed by atoms with E-state index in [0.717, 1.165) is 11.1 Å². The van der Waals surface area contributed by atoms with E-state index in [9.17, 15) is 18.3 Å². The summed E-state index contributed by atoms with van der Waals surface area (Å²) in [7, 11) is 0. The molecule has 1 aliphatic heterocycles. The van der Waals surface area contributed by atoms with Gasteiger partial charge in [-0.1, -0.05) is 62.0 Å². The van der Waals surface area contributed by atoms with Crippen molar-refractivity contribution in [1.29, 1.82) is 0 Å². The Labute approximate surface area is 243 Å². The molecule has 0 radical (unpaired) electrons. The standard InChI is InChI=1S/C29H26F4N6O2S/c1-18(2)23-5-4-6-24(30)25(23)39-27(42-16-28(39,3)40)36-35-15-19-7-9-20(10-8-19)26-34-17-38(37-26)21-11-13-22(14-12-21)41-29(31,32)33/h4-15,17-18,40H,16H2,1-3H3. The number of para-hydroxylation sites is 1. The van der Waals surface area contributed by atoms with Crippen LogP contribution in [0.3, 0.4) is 0 Å². The molecule has 4 aromatic rings. The summed E-state index contributed by atoms with van der Waals surface area (Å²) >= 11 is 1.29. The molecule has 1 aromatic heterocycles. The Bertz CT molecular complexity index is 1620. The number of hydrogen-bond donors (Lipinski definition) is 1. The first-order chi connectivity index (χ1) is 19.9. The lowest BCUT2D eigenvalue weighted by molar-refractivity contribution is -0.274. The fourth-order valence-corrected chi connectivity index (χ4v) is 5.42. The van der Waals surface area contributed by atoms with Gasteiger partial charge in [-0.25, -0.2) is 14.1 Å². The number of benzene rings is 3. The van der Waals surface area contributed by atoms with Crippen molar-refractivity contribution >= 4 is 28.8 Å². The number of anilines is 1. The van der Waals surface area contributed by atoms with Gasteiger partial charge in [-0.2, -0.15) is 5.10 Å². The van der Waals surface area contributed by atoms with E-state index in [2.05, 4.69) is 25.0 Å². The third-order valence-corrected chi connectivity index (χ3v) is 7.57. The third kappa shape index (κ3) is 6.47. The van der Waals surface area contributed by atoms with E-state index >= 15 is 4.39 Å². The van der Waals surface area contributed by atoms with Crippen molar-refractivity contribution in [3.8, 4) is 22.8 Å². The number of thioether (sulfide) groups is 1. The molecule has 2 heterocycles. The summed E-state index contributed by atoms with van der Waals surface area (Å²) in [6, 6.07) is 17.3. The predicted molar refractivity (Wildman–Crippen MR) is 155 cm³/mol. The quantitative estimate of drug-likeness (QED) is 0.144. The molecule has 1 unspecified atom stereocenters. The molecule has 0 bridgehead atoms. The van der Waals surface area contributed by atoms with E-state index in [1.165, 1.54) is 58.0 Å². The smallest absolute Gasteiger partial charge is 0.406 e. The summed E-state index contributed by atoms with van der Waals surface area (Å²) in [5.41, 5.74) is 1.66. The highest BCUT2D eigenvalue weighted by atomic mass is 32.2. The zero-order chi connectivity index (χ0) is 30.1. The summed E-state index contributed by atoms with van der Waals surface area (Å²) in [5, 5.41) is 24.3. The highest BCUT2D eigenvalue weighted by Gasteiger charge is 2.43. The summed E-state index contributed by atoms with van der Waals surface area (Å²) < 4.78 is 57.5. The predicted octanol–water partition coefficient (Wildman–Crippen LogP) is 6.75. The molecule has 13 heteroatoms. The van der Waals surface area contributed by atoms with Crippen molar-refractivity contribution in [2.75, 3.05) is 10.7 Å². The van der Waals surface area contributed by atoms with Gasteiger partial charge in [0.25, 0.3) is 0 Å². The van der Waals surface area contributed by atoms with Gasteiger partial charge in [-0.3, -0.25) is 4.90 Å². The Hall–Kier alpha value is -4.23. The second kappa shape index (κ2) is 11.6. The van der Waals surface area contributed by atoms with Crippen molar-refractivity contribution in [1.82, 2.24) is 14.8 Å². The Kier molecular flexibility index (Phi) is 8.06. The Morgan fingerprint density at radius 1 is 1.07 bits per heavy atom. The molecule has 5 rings (SSSR count). The topological polar surface area (TPSA) is 88.1 Å². The molecule has 0 spiro atoms. The molecule has 1 atom stereocenters. The molecular weight excluding hydrogens is 572 g/mol. The van der Waals surface area contributed by atoms with E-state index in [1.807, 2.05) is 19.9 Å². The molecule has 1 N–H and O–H groups in total. The molecule has 1 fully saturated rings. The van der Waals surface area contributed by atoms with Gasteiger partial charge < -0.3 is 9.84 Å². The lowest BCUT2D eigenvalue weighted by atomic mass is 9.99. The second-order valence-corrected chi connectivity index (χ2v) is 10.9. The van der Waals surface area contributed by atoms with E-state index in [1.54, 1.807) is 43.5 Å². The average Bonchev–Trinajstić information content (AvgIpc) is 3.53. The van der Waals surface area contributed by atoms with Gasteiger partial charge in [0.1, 0.15) is 17.9 Å². The van der Waals surface area contributed by atoms with Gasteiger partial charge in [0.2, 0.25) is 0 Å². The van der Waals surface area contributed by atoms with Crippen molar-refractivity contribution in [3.05, 3.63) is 90.0 Å². The fourth-order valence-electron chi connectivity index (χ4n) is 4.36. The van der Waals surface area contributed by atoms with Crippen LogP contribution in [-0.2, 0) is 0 Å². The Balaban J connectivity index is 1.31. The van der Waals surface area contributed by atoms with Gasteiger partial charge in [0.05, 0.1) is 17.6 Å². The van der Waals surface area contributed by atoms with Crippen LogP contribution in [0.5, 0.6) is 5.75 Å². The largest absolute Gasteiger partial charge is 0.573 e. The monoisotopic (exact) mass is 598 g/mol. The number of aromatic nitrogens is 3. The lowest BCUT2D eigenvalue weighted by Gasteiger charge is -2.33. The SMILES string of the molecule is CC(C)c1cccc(F)c1N1C(=NN=Cc2ccc(-c3ncn(-c4ccc(OC(F)(F)F)cc4)n3)cc2)SCC1(C)O. The summed E-state index contributed by atoms with van der Waals surface area (Å²) in [4.78, 5) is 5.79. The van der Waals surface area contributed by atoms with Crippen molar-refractivity contribution in [2.45, 2.75) is 38.8 Å². The van der Waals surface area contributed by atoms with Crippen molar-refractivity contribution < 1.29 is 27.4 Å². The zero-order valence-corrected chi connectivity index (χ0v) is 23.6. The molecule has 42 heavy (non-hydrogen) atoms. The van der Waals surface area contributed by atoms with Gasteiger partial charge in [0.15, 0.2) is 16.7 Å². The number of amidine groups is 1. The molecule has 3 aromatic carbocycles. The number of rotatable bonds is 7. The van der Waals surface area contributed by atoms with Gasteiger partial charge in [0, 0.05) is 11.3 Å². The van der Waals surface area contributed by atoms with Gasteiger partial charge in [-0.05, 0) is 54.3 Å². The van der Waals surface area contributed by atoms with Gasteiger partial charge in [-0.15, -0.1) is 23.4 Å². The van der Waals surface area contributed by atoms with Crippen LogP contribution < -0.4 is 9.64 Å². The van der Waals surface area contributed by atoms with E-state index in [4.69, 9.17) is 0 Å². The van der Waals surface area contributed by atoms with Crippen LogP contribution in [0.2, 0.25) is 0 Å². The minimum atomic E-state index is -4.76. The summed E-state index contributed by atoms with van der Waals surface area (Å²) in [6.07, 6.45) is -1.76. The van der Waals surface area contributed by atoms with Crippen LogP contribution in [0.4, 0.5) is 23.2 Å². The number of ether oxygens (including phenoxy) is 1. The summed E-state index contributed by atoms with van der Waals surface area (Å²) in [5.74, 6) is -0.0291. The molecule has 1 saturated heterocycles. The highest BCUT2D eigenvalue weighted by Crippen LogP contribution is 2.41. The minimum Gasteiger partial charge on any atom is -0.406 e. The van der Waals surface area contributed by atoms with Crippen LogP contribution in [0.15, 0.2) is 83.3 Å². The average molecular weight is 599 g/mol. The zero-order valence-electron chi connectivity index (χ0n) is 22.7. The first-order valence-electron chi connectivity index (χ1n) is 12.8. The fraction of sp³-hybridized carbons (Fsp3) is 0.241. The number of aliphatic hydroxyl groups is 1. The molecule has 8 nitrogen and oxygen atoms in total. The van der Waals surface area contributed by atoms with Crippen LogP contribution >= 0.6 is 11.8 Å². The Morgan fingerprint density at radius 3 is 2.45 bits per heavy atom. The number of hydrogen-bond acceptors (Lipinski definition) is 7. The van der Waals surface area contributed by atoms with E-state index in [-0.39, 0.29) is 11.7 Å². The summed E-state index contributed by atoms with van der Waals surface area (Å²) in [6.45, 7) is 5.54. The maximum absolute atomic E-state index is 15.0. The van der Waals surface area contributed by atoms with Crippen LogP contribution in [-0.4, -0.2) is 49.1 Å². The maximum Gasteiger partial charge on any atom is 0.573 e. The van der Waals surface area contributed by atoms with Crippen LogP contribution in [0.1, 0.15) is 37.8 Å². The molecule has 218 valence electrons. The van der Waals surface area contributed by atoms with E-state index < -0.39 is 17.9 Å². The molecule has 0 saturated carbocycles. The molecular formula is C29H26F4N6O2S. The normalized spacial score (nSPS) is 18.5. The first kappa shape index (κ1) is 29.3. The van der Waals surface area contributed by atoms with Crippen molar-refractivity contribution in [2.24, 2.45) is 10.2 Å². The maximum atomic E-state index is 15.0. The third-order valence-electron chi connectivity index (χ3n) is 6.36. The molecule has 0 aliphatic carbocycles. The number of nitrogens with zero attached hydrogens (tertiary/aromatic N) is 6. The minimum absolute atomic E-state index is 0.0275. The van der Waals surface area contributed by atoms with Crippen LogP contribution in [0, 0.1) is 5.82 Å².